The van der Waals surface area contributed by atoms with Crippen molar-refractivity contribution in [3.8, 4) is 11.6 Å². The lowest BCUT2D eigenvalue weighted by molar-refractivity contribution is -0.137. The molecule has 0 aromatic carbocycles. The van der Waals surface area contributed by atoms with Crippen LogP contribution in [0.15, 0.2) is 24.5 Å². The van der Waals surface area contributed by atoms with E-state index in [0.29, 0.717) is 12.3 Å². The SMILES string of the molecule is CCCn1cc(Oc2cc(C(F)(F)F)cc(NC)n2)cn1. The van der Waals surface area contributed by atoms with Gasteiger partial charge in [0.1, 0.15) is 5.82 Å². The molecule has 0 aliphatic rings. The van der Waals surface area contributed by atoms with E-state index in [1.54, 1.807) is 10.9 Å². The van der Waals surface area contributed by atoms with E-state index in [9.17, 15) is 13.2 Å². The Morgan fingerprint density at radius 1 is 1.33 bits per heavy atom. The largest absolute Gasteiger partial charge is 0.436 e. The number of aromatic nitrogens is 3. The maximum Gasteiger partial charge on any atom is 0.416 e. The van der Waals surface area contributed by atoms with Crippen molar-refractivity contribution >= 4 is 5.82 Å². The topological polar surface area (TPSA) is 52.0 Å². The maximum atomic E-state index is 12.8. The van der Waals surface area contributed by atoms with Crippen LogP contribution in [0.1, 0.15) is 18.9 Å². The van der Waals surface area contributed by atoms with Gasteiger partial charge < -0.3 is 10.1 Å². The first kappa shape index (κ1) is 15.1. The number of rotatable bonds is 5. The van der Waals surface area contributed by atoms with Crippen molar-refractivity contribution in [3.05, 3.63) is 30.1 Å². The van der Waals surface area contributed by atoms with Gasteiger partial charge in [0, 0.05) is 19.7 Å². The Morgan fingerprint density at radius 3 is 2.71 bits per heavy atom. The van der Waals surface area contributed by atoms with Gasteiger partial charge in [-0.15, -0.1) is 0 Å². The minimum Gasteiger partial charge on any atom is -0.436 e. The molecule has 0 bridgehead atoms. The molecule has 0 saturated heterocycles. The van der Waals surface area contributed by atoms with Gasteiger partial charge in [0.25, 0.3) is 0 Å². The highest BCUT2D eigenvalue weighted by molar-refractivity contribution is 5.42. The third-order valence-electron chi connectivity index (χ3n) is 2.67. The molecule has 2 aromatic heterocycles. The van der Waals surface area contributed by atoms with E-state index >= 15 is 0 Å². The number of nitrogens with zero attached hydrogens (tertiary/aromatic N) is 3. The van der Waals surface area contributed by atoms with Gasteiger partial charge in [-0.05, 0) is 12.5 Å². The van der Waals surface area contributed by atoms with E-state index in [-0.39, 0.29) is 11.7 Å². The normalized spacial score (nSPS) is 11.5. The highest BCUT2D eigenvalue weighted by Gasteiger charge is 2.32. The number of hydrogen-bond donors (Lipinski definition) is 1. The van der Waals surface area contributed by atoms with Gasteiger partial charge in [0.15, 0.2) is 5.75 Å². The summed E-state index contributed by atoms with van der Waals surface area (Å²) in [5.74, 6) is 0.295. The van der Waals surface area contributed by atoms with Gasteiger partial charge in [-0.1, -0.05) is 6.92 Å². The van der Waals surface area contributed by atoms with Gasteiger partial charge in [-0.3, -0.25) is 4.68 Å². The van der Waals surface area contributed by atoms with E-state index in [2.05, 4.69) is 15.4 Å². The fourth-order valence-electron chi connectivity index (χ4n) is 1.72. The summed E-state index contributed by atoms with van der Waals surface area (Å²) in [4.78, 5) is 3.95. The Hall–Kier alpha value is -2.25. The highest BCUT2D eigenvalue weighted by Crippen LogP contribution is 2.33. The number of halogens is 3. The molecule has 1 N–H and O–H groups in total. The van der Waals surface area contributed by atoms with Gasteiger partial charge >= 0.3 is 6.18 Å². The number of pyridine rings is 1. The van der Waals surface area contributed by atoms with Crippen molar-refractivity contribution in [3.63, 3.8) is 0 Å². The van der Waals surface area contributed by atoms with Crippen LogP contribution < -0.4 is 10.1 Å². The summed E-state index contributed by atoms with van der Waals surface area (Å²) >= 11 is 0. The second-order valence-electron chi connectivity index (χ2n) is 4.37. The standard InChI is InChI=1S/C13H15F3N4O/c1-3-4-20-8-10(7-18-20)21-12-6-9(13(14,15)16)5-11(17-2)19-12/h5-8H,3-4H2,1-2H3,(H,17,19). The predicted octanol–water partition coefficient (Wildman–Crippen LogP) is 3.54. The zero-order valence-corrected chi connectivity index (χ0v) is 11.6. The van der Waals surface area contributed by atoms with Crippen molar-refractivity contribution in [2.75, 3.05) is 12.4 Å². The number of ether oxygens (including phenoxy) is 1. The first-order valence-corrected chi connectivity index (χ1v) is 6.39. The quantitative estimate of drug-likeness (QED) is 0.917. The molecule has 0 aliphatic heterocycles. The van der Waals surface area contributed by atoms with Crippen LogP contribution in [0, 0.1) is 0 Å². The lowest BCUT2D eigenvalue weighted by Gasteiger charge is -2.11. The van der Waals surface area contributed by atoms with E-state index in [4.69, 9.17) is 4.74 Å². The molecule has 8 heteroatoms. The third-order valence-corrected chi connectivity index (χ3v) is 2.67. The smallest absolute Gasteiger partial charge is 0.416 e. The summed E-state index contributed by atoms with van der Waals surface area (Å²) in [7, 11) is 1.49. The van der Waals surface area contributed by atoms with Crippen LogP contribution in [-0.2, 0) is 12.7 Å². The first-order chi connectivity index (χ1) is 9.92. The summed E-state index contributed by atoms with van der Waals surface area (Å²) in [5, 5.41) is 6.62. The van der Waals surface area contributed by atoms with Gasteiger partial charge in [0.05, 0.1) is 18.0 Å². The van der Waals surface area contributed by atoms with Crippen molar-refractivity contribution in [2.24, 2.45) is 0 Å². The summed E-state index contributed by atoms with van der Waals surface area (Å²) < 4.78 is 45.4. The van der Waals surface area contributed by atoms with Gasteiger partial charge in [0.2, 0.25) is 5.88 Å². The molecule has 0 saturated carbocycles. The van der Waals surface area contributed by atoms with Crippen molar-refractivity contribution in [1.82, 2.24) is 14.8 Å². The van der Waals surface area contributed by atoms with E-state index in [1.807, 2.05) is 6.92 Å². The number of alkyl halides is 3. The molecular weight excluding hydrogens is 285 g/mol. The molecule has 2 heterocycles. The average Bonchev–Trinajstić information content (AvgIpc) is 2.85. The average molecular weight is 300 g/mol. The zero-order chi connectivity index (χ0) is 15.5. The van der Waals surface area contributed by atoms with Crippen LogP contribution in [0.3, 0.4) is 0 Å². The Balaban J connectivity index is 2.25. The molecule has 2 rings (SSSR count). The van der Waals surface area contributed by atoms with E-state index in [1.165, 1.54) is 13.2 Å². The van der Waals surface area contributed by atoms with Crippen molar-refractivity contribution in [2.45, 2.75) is 26.1 Å². The highest BCUT2D eigenvalue weighted by atomic mass is 19.4. The van der Waals surface area contributed by atoms with Crippen LogP contribution >= 0.6 is 0 Å². The maximum absolute atomic E-state index is 12.8. The summed E-state index contributed by atoms with van der Waals surface area (Å²) in [6.07, 6.45) is -0.507. The molecule has 0 unspecified atom stereocenters. The second-order valence-corrected chi connectivity index (χ2v) is 4.37. The lowest BCUT2D eigenvalue weighted by Crippen LogP contribution is -2.07. The molecule has 0 fully saturated rings. The molecular formula is C13H15F3N4O. The van der Waals surface area contributed by atoms with Crippen LogP contribution in [0.4, 0.5) is 19.0 Å². The summed E-state index contributed by atoms with van der Waals surface area (Å²) in [5.41, 5.74) is -0.821. The van der Waals surface area contributed by atoms with Crippen LogP contribution in [0.5, 0.6) is 11.6 Å². The minimum absolute atomic E-state index is 0.0841. The molecule has 0 atom stereocenters. The fourth-order valence-corrected chi connectivity index (χ4v) is 1.72. The molecule has 0 spiro atoms. The molecule has 0 radical (unpaired) electrons. The molecule has 2 aromatic rings. The zero-order valence-electron chi connectivity index (χ0n) is 11.6. The summed E-state index contributed by atoms with van der Waals surface area (Å²) in [6, 6.07) is 1.78. The Morgan fingerprint density at radius 2 is 2.10 bits per heavy atom. The van der Waals surface area contributed by atoms with E-state index < -0.39 is 11.7 Å². The molecule has 5 nitrogen and oxygen atoms in total. The monoisotopic (exact) mass is 300 g/mol. The van der Waals surface area contributed by atoms with Gasteiger partial charge in [-0.2, -0.15) is 23.3 Å². The Kier molecular flexibility index (Phi) is 4.35. The van der Waals surface area contributed by atoms with Crippen LogP contribution in [0.2, 0.25) is 0 Å². The van der Waals surface area contributed by atoms with E-state index in [0.717, 1.165) is 18.6 Å². The number of hydrogen-bond acceptors (Lipinski definition) is 4. The molecule has 0 aliphatic carbocycles. The lowest BCUT2D eigenvalue weighted by atomic mass is 10.2. The number of nitrogens with one attached hydrogen (secondary N) is 1. The predicted molar refractivity (Wildman–Crippen MR) is 71.4 cm³/mol. The summed E-state index contributed by atoms with van der Waals surface area (Å²) in [6.45, 7) is 2.71. The number of anilines is 1. The minimum atomic E-state index is -4.46. The van der Waals surface area contributed by atoms with Crippen molar-refractivity contribution < 1.29 is 17.9 Å². The fraction of sp³-hybridized carbons (Fsp3) is 0.385. The molecule has 114 valence electrons. The Bertz CT molecular complexity index is 610. The molecule has 0 amide bonds. The molecule has 21 heavy (non-hydrogen) atoms. The first-order valence-electron chi connectivity index (χ1n) is 6.39. The third kappa shape index (κ3) is 3.87. The van der Waals surface area contributed by atoms with Crippen LogP contribution in [0.25, 0.3) is 0 Å². The number of aryl methyl sites for hydroxylation is 1. The van der Waals surface area contributed by atoms with Gasteiger partial charge in [-0.25, -0.2) is 0 Å². The van der Waals surface area contributed by atoms with Crippen molar-refractivity contribution in [1.29, 1.82) is 0 Å². The second kappa shape index (κ2) is 6.02. The van der Waals surface area contributed by atoms with Crippen LogP contribution in [-0.4, -0.2) is 21.8 Å². The Labute approximate surface area is 119 Å².